The van der Waals surface area contributed by atoms with Crippen LogP contribution in [0.2, 0.25) is 0 Å². The number of hydrogen-bond donors (Lipinski definition) is 3. The van der Waals surface area contributed by atoms with E-state index in [9.17, 15) is 9.90 Å². The van der Waals surface area contributed by atoms with Crippen LogP contribution in [0.25, 0.3) is 11.4 Å². The standard InChI is InChI=1S/C18H18N4O2/c1-12-5-7-13(8-6-12)16(23)10-19-18(24)15-4-2-3-14(9-15)17-20-11-21-22-17/h2-9,11,16,23H,10H2,1H3,(H,19,24)(H,20,21,22)/t16-/m1/s1. The van der Waals surface area contributed by atoms with Crippen LogP contribution in [0.1, 0.15) is 27.6 Å². The minimum atomic E-state index is -0.744. The third-order valence-corrected chi connectivity index (χ3v) is 3.73. The highest BCUT2D eigenvalue weighted by Gasteiger charge is 2.12. The lowest BCUT2D eigenvalue weighted by Gasteiger charge is -2.13. The molecule has 122 valence electrons. The number of nitrogens with one attached hydrogen (secondary N) is 2. The molecule has 3 aromatic rings. The summed E-state index contributed by atoms with van der Waals surface area (Å²) in [5, 5.41) is 19.5. The number of hydrogen-bond acceptors (Lipinski definition) is 4. The predicted molar refractivity (Wildman–Crippen MR) is 90.3 cm³/mol. The second-order valence-corrected chi connectivity index (χ2v) is 5.55. The van der Waals surface area contributed by atoms with E-state index in [-0.39, 0.29) is 12.5 Å². The normalized spacial score (nSPS) is 11.9. The van der Waals surface area contributed by atoms with Crippen LogP contribution < -0.4 is 5.32 Å². The van der Waals surface area contributed by atoms with Crippen molar-refractivity contribution in [2.75, 3.05) is 6.54 Å². The Balaban J connectivity index is 1.65. The van der Waals surface area contributed by atoms with Crippen LogP contribution in [0.15, 0.2) is 54.9 Å². The molecule has 0 aliphatic heterocycles. The summed E-state index contributed by atoms with van der Waals surface area (Å²) in [6, 6.07) is 14.7. The monoisotopic (exact) mass is 322 g/mol. The van der Waals surface area contributed by atoms with E-state index in [1.54, 1.807) is 18.2 Å². The fourth-order valence-electron chi connectivity index (χ4n) is 2.35. The molecular formula is C18H18N4O2. The smallest absolute Gasteiger partial charge is 0.251 e. The van der Waals surface area contributed by atoms with Crippen molar-refractivity contribution in [3.8, 4) is 11.4 Å². The van der Waals surface area contributed by atoms with Gasteiger partial charge < -0.3 is 10.4 Å². The average molecular weight is 322 g/mol. The number of aromatic nitrogens is 3. The number of carbonyl (C=O) groups excluding carboxylic acids is 1. The third-order valence-electron chi connectivity index (χ3n) is 3.73. The van der Waals surface area contributed by atoms with E-state index in [0.717, 1.165) is 16.7 Å². The van der Waals surface area contributed by atoms with Crippen LogP contribution in [0.3, 0.4) is 0 Å². The van der Waals surface area contributed by atoms with Gasteiger partial charge in [0.15, 0.2) is 5.82 Å². The molecule has 0 aliphatic carbocycles. The largest absolute Gasteiger partial charge is 0.387 e. The molecule has 0 saturated heterocycles. The zero-order valence-corrected chi connectivity index (χ0v) is 13.2. The molecule has 1 atom stereocenters. The Morgan fingerprint density at radius 1 is 1.25 bits per heavy atom. The fourth-order valence-corrected chi connectivity index (χ4v) is 2.35. The maximum Gasteiger partial charge on any atom is 0.251 e. The van der Waals surface area contributed by atoms with E-state index in [2.05, 4.69) is 20.5 Å². The number of benzene rings is 2. The van der Waals surface area contributed by atoms with Crippen molar-refractivity contribution >= 4 is 5.91 Å². The van der Waals surface area contributed by atoms with Crippen LogP contribution >= 0.6 is 0 Å². The zero-order valence-electron chi connectivity index (χ0n) is 13.2. The zero-order chi connectivity index (χ0) is 16.9. The molecule has 6 heteroatoms. The minimum absolute atomic E-state index is 0.147. The Bertz CT molecular complexity index is 813. The van der Waals surface area contributed by atoms with Gasteiger partial charge in [-0.15, -0.1) is 0 Å². The highest BCUT2D eigenvalue weighted by atomic mass is 16.3. The number of carbonyl (C=O) groups is 1. The number of aromatic amines is 1. The second-order valence-electron chi connectivity index (χ2n) is 5.55. The summed E-state index contributed by atoms with van der Waals surface area (Å²) in [7, 11) is 0. The number of nitrogens with zero attached hydrogens (tertiary/aromatic N) is 2. The molecule has 2 aromatic carbocycles. The van der Waals surface area contributed by atoms with E-state index in [0.29, 0.717) is 11.4 Å². The molecule has 0 bridgehead atoms. The maximum absolute atomic E-state index is 12.3. The summed E-state index contributed by atoms with van der Waals surface area (Å²) in [5.41, 5.74) is 3.18. The van der Waals surface area contributed by atoms with Crippen molar-refractivity contribution in [1.82, 2.24) is 20.5 Å². The van der Waals surface area contributed by atoms with E-state index in [1.807, 2.05) is 37.3 Å². The Morgan fingerprint density at radius 2 is 2.04 bits per heavy atom. The number of H-pyrrole nitrogens is 1. The molecule has 0 radical (unpaired) electrons. The summed E-state index contributed by atoms with van der Waals surface area (Å²) in [4.78, 5) is 16.4. The van der Waals surface area contributed by atoms with E-state index in [1.165, 1.54) is 6.33 Å². The van der Waals surface area contributed by atoms with Gasteiger partial charge in [-0.1, -0.05) is 42.0 Å². The minimum Gasteiger partial charge on any atom is -0.387 e. The lowest BCUT2D eigenvalue weighted by atomic mass is 10.1. The Morgan fingerprint density at radius 3 is 2.75 bits per heavy atom. The molecule has 24 heavy (non-hydrogen) atoms. The Hall–Kier alpha value is -2.99. The molecule has 0 spiro atoms. The lowest BCUT2D eigenvalue weighted by Crippen LogP contribution is -2.28. The van der Waals surface area contributed by atoms with Gasteiger partial charge in [0, 0.05) is 17.7 Å². The van der Waals surface area contributed by atoms with Crippen molar-refractivity contribution in [1.29, 1.82) is 0 Å². The van der Waals surface area contributed by atoms with Crippen LogP contribution in [0, 0.1) is 6.92 Å². The van der Waals surface area contributed by atoms with Crippen molar-refractivity contribution < 1.29 is 9.90 Å². The Labute approximate surface area is 139 Å². The molecule has 0 unspecified atom stereocenters. The highest BCUT2D eigenvalue weighted by Crippen LogP contribution is 2.16. The van der Waals surface area contributed by atoms with Crippen molar-refractivity contribution in [2.45, 2.75) is 13.0 Å². The molecule has 6 nitrogen and oxygen atoms in total. The van der Waals surface area contributed by atoms with Gasteiger partial charge in [0.2, 0.25) is 0 Å². The number of rotatable bonds is 5. The molecule has 0 saturated carbocycles. The summed E-state index contributed by atoms with van der Waals surface area (Å²) >= 11 is 0. The summed E-state index contributed by atoms with van der Waals surface area (Å²) < 4.78 is 0. The SMILES string of the molecule is Cc1ccc([C@H](O)CNC(=O)c2cccc(-c3ncn[nH]3)c2)cc1. The fraction of sp³-hybridized carbons (Fsp3) is 0.167. The molecule has 1 heterocycles. The molecule has 1 aromatic heterocycles. The van der Waals surface area contributed by atoms with E-state index < -0.39 is 6.10 Å². The van der Waals surface area contributed by atoms with E-state index in [4.69, 9.17) is 0 Å². The highest BCUT2D eigenvalue weighted by molar-refractivity contribution is 5.95. The maximum atomic E-state index is 12.3. The topological polar surface area (TPSA) is 90.9 Å². The molecule has 1 amide bonds. The first-order valence-corrected chi connectivity index (χ1v) is 7.62. The molecule has 0 fully saturated rings. The van der Waals surface area contributed by atoms with Gasteiger partial charge in [0.25, 0.3) is 5.91 Å². The molecule has 3 N–H and O–H groups in total. The van der Waals surface area contributed by atoms with Crippen molar-refractivity contribution in [3.05, 3.63) is 71.5 Å². The number of amides is 1. The van der Waals surface area contributed by atoms with Crippen LogP contribution in [0.5, 0.6) is 0 Å². The van der Waals surface area contributed by atoms with Gasteiger partial charge >= 0.3 is 0 Å². The first-order chi connectivity index (χ1) is 11.6. The van der Waals surface area contributed by atoms with Crippen LogP contribution in [0.4, 0.5) is 0 Å². The quantitative estimate of drug-likeness (QED) is 0.672. The summed E-state index contributed by atoms with van der Waals surface area (Å²) in [6.45, 7) is 2.13. The van der Waals surface area contributed by atoms with Crippen molar-refractivity contribution in [2.24, 2.45) is 0 Å². The molecular weight excluding hydrogens is 304 g/mol. The summed E-state index contributed by atoms with van der Waals surface area (Å²) in [6.07, 6.45) is 0.673. The number of aryl methyl sites for hydroxylation is 1. The van der Waals surface area contributed by atoms with Gasteiger partial charge in [-0.05, 0) is 24.6 Å². The van der Waals surface area contributed by atoms with Gasteiger partial charge in [0.05, 0.1) is 6.10 Å². The number of aliphatic hydroxyl groups excluding tert-OH is 1. The van der Waals surface area contributed by atoms with E-state index >= 15 is 0 Å². The van der Waals surface area contributed by atoms with Gasteiger partial charge in [-0.2, -0.15) is 5.10 Å². The van der Waals surface area contributed by atoms with Crippen LogP contribution in [-0.2, 0) is 0 Å². The van der Waals surface area contributed by atoms with Crippen molar-refractivity contribution in [3.63, 3.8) is 0 Å². The average Bonchev–Trinajstić information content (AvgIpc) is 3.15. The first-order valence-electron chi connectivity index (χ1n) is 7.62. The predicted octanol–water partition coefficient (Wildman–Crippen LogP) is 2.24. The third kappa shape index (κ3) is 3.67. The Kier molecular flexibility index (Phi) is 4.67. The first kappa shape index (κ1) is 15.9. The summed E-state index contributed by atoms with van der Waals surface area (Å²) in [5.74, 6) is 0.354. The second kappa shape index (κ2) is 7.06. The lowest BCUT2D eigenvalue weighted by molar-refractivity contribution is 0.0916. The van der Waals surface area contributed by atoms with Gasteiger partial charge in [0.1, 0.15) is 6.33 Å². The van der Waals surface area contributed by atoms with Gasteiger partial charge in [-0.25, -0.2) is 4.98 Å². The molecule has 0 aliphatic rings. The molecule has 3 rings (SSSR count). The number of aliphatic hydroxyl groups is 1. The van der Waals surface area contributed by atoms with Crippen LogP contribution in [-0.4, -0.2) is 32.7 Å². The van der Waals surface area contributed by atoms with Gasteiger partial charge in [-0.3, -0.25) is 9.89 Å².